The van der Waals surface area contributed by atoms with Gasteiger partial charge in [-0.05, 0) is 30.6 Å². The largest absolute Gasteiger partial charge is 0.381 e. The Bertz CT molecular complexity index is 123. The number of alkyl halides is 1. The van der Waals surface area contributed by atoms with Gasteiger partial charge in [0.25, 0.3) is 0 Å². The van der Waals surface area contributed by atoms with Crippen LogP contribution in [0.2, 0.25) is 0 Å². The van der Waals surface area contributed by atoms with Crippen LogP contribution in [0, 0.1) is 17.8 Å². The van der Waals surface area contributed by atoms with Crippen molar-refractivity contribution in [3.63, 3.8) is 0 Å². The van der Waals surface area contributed by atoms with Crippen molar-refractivity contribution in [3.05, 3.63) is 0 Å². The Kier molecular flexibility index (Phi) is 8.70. The van der Waals surface area contributed by atoms with Gasteiger partial charge in [0.15, 0.2) is 0 Å². The Morgan fingerprint density at radius 1 is 1.00 bits per heavy atom. The van der Waals surface area contributed by atoms with Crippen molar-refractivity contribution in [2.75, 3.05) is 19.1 Å². The van der Waals surface area contributed by atoms with Crippen LogP contribution in [0.15, 0.2) is 0 Å². The van der Waals surface area contributed by atoms with E-state index in [0.717, 1.165) is 37.9 Å². The normalized spacial score (nSPS) is 13.9. The van der Waals surface area contributed by atoms with E-state index in [1.54, 1.807) is 0 Å². The van der Waals surface area contributed by atoms with Gasteiger partial charge in [-0.3, -0.25) is 0 Å². The second-order valence-electron chi connectivity index (χ2n) is 4.74. The highest BCUT2D eigenvalue weighted by molar-refractivity contribution is 6.18. The van der Waals surface area contributed by atoms with Gasteiger partial charge in [0, 0.05) is 19.1 Å². The molecule has 0 rings (SSSR count). The van der Waals surface area contributed by atoms with E-state index in [0.29, 0.717) is 11.8 Å². The second-order valence-corrected chi connectivity index (χ2v) is 5.05. The van der Waals surface area contributed by atoms with E-state index in [1.807, 2.05) is 0 Å². The smallest absolute Gasteiger partial charge is 0.0469 e. The third-order valence-electron chi connectivity index (χ3n) is 2.61. The molecule has 0 amide bonds. The van der Waals surface area contributed by atoms with Crippen LogP contribution in [-0.4, -0.2) is 19.1 Å². The minimum atomic E-state index is 0.607. The van der Waals surface area contributed by atoms with Gasteiger partial charge in [-0.2, -0.15) is 0 Å². The molecule has 0 aliphatic carbocycles. The van der Waals surface area contributed by atoms with Crippen LogP contribution in [-0.2, 0) is 4.74 Å². The molecule has 1 atom stereocenters. The summed E-state index contributed by atoms with van der Waals surface area (Å²) in [6.07, 6.45) is 2.26. The standard InChI is InChI=1S/C12H25ClO/c1-10(2)5-7-14-8-6-12(9-13)11(3)4/h10-12H,5-9H2,1-4H3. The van der Waals surface area contributed by atoms with Gasteiger partial charge >= 0.3 is 0 Å². The Morgan fingerprint density at radius 2 is 1.57 bits per heavy atom. The predicted octanol–water partition coefficient (Wildman–Crippen LogP) is 3.95. The maximum Gasteiger partial charge on any atom is 0.0469 e. The van der Waals surface area contributed by atoms with Crippen LogP contribution in [0.4, 0.5) is 0 Å². The minimum absolute atomic E-state index is 0.607. The van der Waals surface area contributed by atoms with Crippen molar-refractivity contribution >= 4 is 11.6 Å². The summed E-state index contributed by atoms with van der Waals surface area (Å²) in [5, 5.41) is 0. The molecule has 0 aliphatic heterocycles. The first-order valence-electron chi connectivity index (χ1n) is 5.71. The summed E-state index contributed by atoms with van der Waals surface area (Å²) >= 11 is 5.87. The van der Waals surface area contributed by atoms with E-state index < -0.39 is 0 Å². The van der Waals surface area contributed by atoms with Crippen LogP contribution in [0.5, 0.6) is 0 Å². The molecular formula is C12H25ClO. The fourth-order valence-electron chi connectivity index (χ4n) is 1.24. The van der Waals surface area contributed by atoms with E-state index in [1.165, 1.54) is 0 Å². The van der Waals surface area contributed by atoms with Crippen LogP contribution < -0.4 is 0 Å². The summed E-state index contributed by atoms with van der Waals surface area (Å²) in [5.41, 5.74) is 0. The fourth-order valence-corrected chi connectivity index (χ4v) is 1.76. The van der Waals surface area contributed by atoms with Crippen LogP contribution >= 0.6 is 11.6 Å². The molecule has 0 bridgehead atoms. The number of ether oxygens (including phenoxy) is 1. The summed E-state index contributed by atoms with van der Waals surface area (Å²) in [5.74, 6) is 2.77. The van der Waals surface area contributed by atoms with E-state index >= 15 is 0 Å². The van der Waals surface area contributed by atoms with E-state index in [-0.39, 0.29) is 0 Å². The average molecular weight is 221 g/mol. The van der Waals surface area contributed by atoms with E-state index in [2.05, 4.69) is 27.7 Å². The molecular weight excluding hydrogens is 196 g/mol. The van der Waals surface area contributed by atoms with Crippen molar-refractivity contribution in [2.45, 2.75) is 40.5 Å². The summed E-state index contributed by atoms with van der Waals surface area (Å²) in [6, 6.07) is 0. The molecule has 0 spiro atoms. The average Bonchev–Trinajstić information content (AvgIpc) is 2.10. The Hall–Kier alpha value is 0.250. The Balaban J connectivity index is 3.33. The lowest BCUT2D eigenvalue weighted by molar-refractivity contribution is 0.107. The van der Waals surface area contributed by atoms with Crippen molar-refractivity contribution in [3.8, 4) is 0 Å². The highest BCUT2D eigenvalue weighted by Crippen LogP contribution is 2.16. The molecule has 0 aliphatic rings. The lowest BCUT2D eigenvalue weighted by Gasteiger charge is -2.17. The van der Waals surface area contributed by atoms with E-state index in [4.69, 9.17) is 16.3 Å². The molecule has 0 saturated carbocycles. The lowest BCUT2D eigenvalue weighted by atomic mass is 9.95. The Labute approximate surface area is 94.2 Å². The van der Waals surface area contributed by atoms with Gasteiger partial charge in [-0.1, -0.05) is 27.7 Å². The first-order chi connectivity index (χ1) is 6.57. The highest BCUT2D eigenvalue weighted by Gasteiger charge is 2.11. The third kappa shape index (κ3) is 7.64. The zero-order chi connectivity index (χ0) is 11.0. The van der Waals surface area contributed by atoms with Crippen molar-refractivity contribution in [1.29, 1.82) is 0 Å². The molecule has 0 fully saturated rings. The maximum absolute atomic E-state index is 5.87. The first kappa shape index (κ1) is 14.2. The summed E-state index contributed by atoms with van der Waals surface area (Å²) in [4.78, 5) is 0. The van der Waals surface area contributed by atoms with Crippen LogP contribution in [0.25, 0.3) is 0 Å². The van der Waals surface area contributed by atoms with Gasteiger partial charge in [0.1, 0.15) is 0 Å². The second kappa shape index (κ2) is 8.55. The number of halogens is 1. The number of hydrogen-bond donors (Lipinski definition) is 0. The van der Waals surface area contributed by atoms with Gasteiger partial charge < -0.3 is 4.74 Å². The van der Waals surface area contributed by atoms with Crippen LogP contribution in [0.3, 0.4) is 0 Å². The summed E-state index contributed by atoms with van der Waals surface area (Å²) in [6.45, 7) is 10.6. The fraction of sp³-hybridized carbons (Fsp3) is 1.00. The predicted molar refractivity (Wildman–Crippen MR) is 63.9 cm³/mol. The minimum Gasteiger partial charge on any atom is -0.381 e. The maximum atomic E-state index is 5.87. The first-order valence-corrected chi connectivity index (χ1v) is 6.25. The molecule has 86 valence electrons. The molecule has 0 N–H and O–H groups in total. The van der Waals surface area contributed by atoms with Gasteiger partial charge in [0.05, 0.1) is 0 Å². The molecule has 2 heteroatoms. The zero-order valence-corrected chi connectivity index (χ0v) is 10.8. The SMILES string of the molecule is CC(C)CCOCCC(CCl)C(C)C. The third-order valence-corrected chi connectivity index (χ3v) is 3.01. The van der Waals surface area contributed by atoms with E-state index in [9.17, 15) is 0 Å². The molecule has 1 unspecified atom stereocenters. The number of hydrogen-bond acceptors (Lipinski definition) is 1. The molecule has 14 heavy (non-hydrogen) atoms. The van der Waals surface area contributed by atoms with Crippen molar-refractivity contribution in [2.24, 2.45) is 17.8 Å². The van der Waals surface area contributed by atoms with Crippen LogP contribution in [0.1, 0.15) is 40.5 Å². The molecule has 0 heterocycles. The molecule has 0 aromatic rings. The van der Waals surface area contributed by atoms with Gasteiger partial charge in [-0.15, -0.1) is 11.6 Å². The van der Waals surface area contributed by atoms with Crippen molar-refractivity contribution in [1.82, 2.24) is 0 Å². The molecule has 0 radical (unpaired) electrons. The molecule has 0 saturated heterocycles. The monoisotopic (exact) mass is 220 g/mol. The van der Waals surface area contributed by atoms with Gasteiger partial charge in [-0.25, -0.2) is 0 Å². The van der Waals surface area contributed by atoms with Gasteiger partial charge in [0.2, 0.25) is 0 Å². The van der Waals surface area contributed by atoms with Crippen molar-refractivity contribution < 1.29 is 4.74 Å². The Morgan fingerprint density at radius 3 is 2.00 bits per heavy atom. The molecule has 1 nitrogen and oxygen atoms in total. The quantitative estimate of drug-likeness (QED) is 0.445. The topological polar surface area (TPSA) is 9.23 Å². The summed E-state index contributed by atoms with van der Waals surface area (Å²) in [7, 11) is 0. The highest BCUT2D eigenvalue weighted by atomic mass is 35.5. The molecule has 0 aromatic carbocycles. The summed E-state index contributed by atoms with van der Waals surface area (Å²) < 4.78 is 5.57. The zero-order valence-electron chi connectivity index (χ0n) is 10.1. The lowest BCUT2D eigenvalue weighted by Crippen LogP contribution is -2.14. The number of rotatable bonds is 8. The molecule has 0 aromatic heterocycles.